The standard InChI is InChI=1S/C15H20N2O2/c1-9-6-7-12(8-10(9)2)14(18)13-11(3)16-17(4)15(13)19-5/h6-8,14,18H,1-5H3. The van der Waals surface area contributed by atoms with E-state index in [1.54, 1.807) is 11.8 Å². The molecule has 0 saturated carbocycles. The Labute approximate surface area is 113 Å². The number of nitrogens with zero attached hydrogens (tertiary/aromatic N) is 2. The lowest BCUT2D eigenvalue weighted by atomic mass is 9.98. The van der Waals surface area contributed by atoms with Gasteiger partial charge in [-0.2, -0.15) is 5.10 Å². The van der Waals surface area contributed by atoms with Crippen molar-refractivity contribution in [2.24, 2.45) is 7.05 Å². The molecule has 1 heterocycles. The maximum atomic E-state index is 10.6. The number of aryl methyl sites for hydroxylation is 4. The molecule has 1 N–H and O–H groups in total. The monoisotopic (exact) mass is 260 g/mol. The molecule has 19 heavy (non-hydrogen) atoms. The summed E-state index contributed by atoms with van der Waals surface area (Å²) in [4.78, 5) is 0. The first-order valence-electron chi connectivity index (χ1n) is 6.28. The van der Waals surface area contributed by atoms with E-state index in [4.69, 9.17) is 4.74 Å². The first-order valence-corrected chi connectivity index (χ1v) is 6.28. The van der Waals surface area contributed by atoms with Crippen LogP contribution < -0.4 is 4.74 Å². The number of benzene rings is 1. The molecule has 102 valence electrons. The van der Waals surface area contributed by atoms with Crippen LogP contribution in [0.2, 0.25) is 0 Å². The van der Waals surface area contributed by atoms with Crippen molar-refractivity contribution in [1.82, 2.24) is 9.78 Å². The normalized spacial score (nSPS) is 12.5. The summed E-state index contributed by atoms with van der Waals surface area (Å²) in [5, 5.41) is 14.9. The Morgan fingerprint density at radius 3 is 2.47 bits per heavy atom. The van der Waals surface area contributed by atoms with E-state index in [1.807, 2.05) is 39.1 Å². The van der Waals surface area contributed by atoms with Crippen molar-refractivity contribution in [1.29, 1.82) is 0 Å². The number of hydrogen-bond donors (Lipinski definition) is 1. The van der Waals surface area contributed by atoms with Crippen LogP contribution in [0.1, 0.15) is 34.1 Å². The molecule has 0 aliphatic carbocycles. The number of aromatic nitrogens is 2. The number of methoxy groups -OCH3 is 1. The summed E-state index contributed by atoms with van der Waals surface area (Å²) in [5.41, 5.74) is 4.75. The zero-order valence-corrected chi connectivity index (χ0v) is 12.1. The van der Waals surface area contributed by atoms with E-state index in [-0.39, 0.29) is 0 Å². The smallest absolute Gasteiger partial charge is 0.217 e. The Morgan fingerprint density at radius 2 is 1.89 bits per heavy atom. The predicted octanol–water partition coefficient (Wildman–Crippen LogP) is 2.44. The number of aliphatic hydroxyl groups is 1. The lowest BCUT2D eigenvalue weighted by molar-refractivity contribution is 0.213. The summed E-state index contributed by atoms with van der Waals surface area (Å²) in [5.74, 6) is 0.600. The quantitative estimate of drug-likeness (QED) is 0.922. The minimum Gasteiger partial charge on any atom is -0.481 e. The third-order valence-corrected chi connectivity index (χ3v) is 3.53. The van der Waals surface area contributed by atoms with Crippen LogP contribution in [0.15, 0.2) is 18.2 Å². The first kappa shape index (κ1) is 13.6. The molecule has 4 nitrogen and oxygen atoms in total. The molecular weight excluding hydrogens is 240 g/mol. The number of rotatable bonds is 3. The summed E-state index contributed by atoms with van der Waals surface area (Å²) in [6, 6.07) is 5.97. The second-order valence-corrected chi connectivity index (χ2v) is 4.88. The van der Waals surface area contributed by atoms with Gasteiger partial charge >= 0.3 is 0 Å². The van der Waals surface area contributed by atoms with Crippen molar-refractivity contribution in [2.75, 3.05) is 7.11 Å². The molecule has 0 fully saturated rings. The average molecular weight is 260 g/mol. The highest BCUT2D eigenvalue weighted by Gasteiger charge is 2.23. The van der Waals surface area contributed by atoms with Gasteiger partial charge in [-0.25, -0.2) is 4.68 Å². The molecule has 2 aromatic rings. The summed E-state index contributed by atoms with van der Waals surface area (Å²) >= 11 is 0. The second-order valence-electron chi connectivity index (χ2n) is 4.88. The largest absolute Gasteiger partial charge is 0.481 e. The van der Waals surface area contributed by atoms with Crippen molar-refractivity contribution < 1.29 is 9.84 Å². The van der Waals surface area contributed by atoms with Crippen LogP contribution in [0.25, 0.3) is 0 Å². The fraction of sp³-hybridized carbons (Fsp3) is 0.400. The van der Waals surface area contributed by atoms with E-state index < -0.39 is 6.10 Å². The lowest BCUT2D eigenvalue weighted by Crippen LogP contribution is -2.04. The minimum atomic E-state index is -0.719. The third-order valence-electron chi connectivity index (χ3n) is 3.53. The van der Waals surface area contributed by atoms with E-state index in [2.05, 4.69) is 12.0 Å². The van der Waals surface area contributed by atoms with Crippen molar-refractivity contribution in [3.8, 4) is 5.88 Å². The molecule has 0 bridgehead atoms. The molecule has 0 radical (unpaired) electrons. The van der Waals surface area contributed by atoms with Crippen LogP contribution >= 0.6 is 0 Å². The Hall–Kier alpha value is -1.81. The van der Waals surface area contributed by atoms with E-state index >= 15 is 0 Å². The minimum absolute atomic E-state index is 0.600. The molecule has 1 aromatic carbocycles. The molecule has 0 saturated heterocycles. The van der Waals surface area contributed by atoms with Crippen LogP contribution in [0, 0.1) is 20.8 Å². The van der Waals surface area contributed by atoms with Crippen molar-refractivity contribution in [3.05, 3.63) is 46.1 Å². The summed E-state index contributed by atoms with van der Waals surface area (Å²) < 4.78 is 6.98. The Kier molecular flexibility index (Phi) is 3.62. The average Bonchev–Trinajstić information content (AvgIpc) is 2.66. The zero-order chi connectivity index (χ0) is 14.2. The maximum absolute atomic E-state index is 10.6. The summed E-state index contributed by atoms with van der Waals surface area (Å²) in [6.45, 7) is 5.97. The van der Waals surface area contributed by atoms with Crippen molar-refractivity contribution in [2.45, 2.75) is 26.9 Å². The molecule has 2 rings (SSSR count). The van der Waals surface area contributed by atoms with Gasteiger partial charge < -0.3 is 9.84 Å². The SMILES string of the molecule is COc1c(C(O)c2ccc(C)c(C)c2)c(C)nn1C. The van der Waals surface area contributed by atoms with E-state index in [0.717, 1.165) is 22.4 Å². The predicted molar refractivity (Wildman–Crippen MR) is 74.5 cm³/mol. The first-order chi connectivity index (χ1) is 8.95. The molecule has 1 atom stereocenters. The van der Waals surface area contributed by atoms with Gasteiger partial charge in [0.1, 0.15) is 6.10 Å². The highest BCUT2D eigenvalue weighted by molar-refractivity contribution is 5.41. The van der Waals surface area contributed by atoms with Crippen LogP contribution in [-0.2, 0) is 7.05 Å². The fourth-order valence-electron chi connectivity index (χ4n) is 2.31. The highest BCUT2D eigenvalue weighted by Crippen LogP contribution is 2.32. The molecule has 0 amide bonds. The maximum Gasteiger partial charge on any atom is 0.217 e. The van der Waals surface area contributed by atoms with Gasteiger partial charge in [0, 0.05) is 7.05 Å². The van der Waals surface area contributed by atoms with E-state index in [1.165, 1.54) is 5.56 Å². The van der Waals surface area contributed by atoms with Crippen molar-refractivity contribution in [3.63, 3.8) is 0 Å². The Morgan fingerprint density at radius 1 is 1.21 bits per heavy atom. The van der Waals surface area contributed by atoms with Gasteiger partial charge in [0.2, 0.25) is 5.88 Å². The molecule has 0 aliphatic rings. The number of aliphatic hydroxyl groups excluding tert-OH is 1. The fourth-order valence-corrected chi connectivity index (χ4v) is 2.31. The van der Waals surface area contributed by atoms with Gasteiger partial charge in [-0.05, 0) is 37.5 Å². The van der Waals surface area contributed by atoms with Crippen molar-refractivity contribution >= 4 is 0 Å². The van der Waals surface area contributed by atoms with Gasteiger partial charge in [0.15, 0.2) is 0 Å². The summed E-state index contributed by atoms with van der Waals surface area (Å²) in [7, 11) is 3.40. The Bertz CT molecular complexity index is 602. The highest BCUT2D eigenvalue weighted by atomic mass is 16.5. The van der Waals surface area contributed by atoms with E-state index in [0.29, 0.717) is 5.88 Å². The molecular formula is C15H20N2O2. The topological polar surface area (TPSA) is 47.3 Å². The molecule has 4 heteroatoms. The van der Waals surface area contributed by atoms with Gasteiger partial charge in [-0.15, -0.1) is 0 Å². The van der Waals surface area contributed by atoms with Gasteiger partial charge in [-0.1, -0.05) is 18.2 Å². The molecule has 1 unspecified atom stereocenters. The lowest BCUT2D eigenvalue weighted by Gasteiger charge is -2.14. The zero-order valence-electron chi connectivity index (χ0n) is 12.1. The van der Waals surface area contributed by atoms with Gasteiger partial charge in [0.25, 0.3) is 0 Å². The number of hydrogen-bond acceptors (Lipinski definition) is 3. The van der Waals surface area contributed by atoms with Crippen LogP contribution in [-0.4, -0.2) is 22.0 Å². The van der Waals surface area contributed by atoms with Gasteiger partial charge in [-0.3, -0.25) is 0 Å². The second kappa shape index (κ2) is 5.05. The molecule has 0 spiro atoms. The summed E-state index contributed by atoms with van der Waals surface area (Å²) in [6.07, 6.45) is -0.719. The third kappa shape index (κ3) is 2.36. The van der Waals surface area contributed by atoms with E-state index in [9.17, 15) is 5.11 Å². The Balaban J connectivity index is 2.49. The van der Waals surface area contributed by atoms with Crippen LogP contribution in [0.5, 0.6) is 5.88 Å². The molecule has 1 aromatic heterocycles. The molecule has 0 aliphatic heterocycles. The van der Waals surface area contributed by atoms with Gasteiger partial charge in [0.05, 0.1) is 18.4 Å². The van der Waals surface area contributed by atoms with Crippen LogP contribution in [0.3, 0.4) is 0 Å². The van der Waals surface area contributed by atoms with Crippen LogP contribution in [0.4, 0.5) is 0 Å². The number of ether oxygens (including phenoxy) is 1.